The van der Waals surface area contributed by atoms with Crippen molar-refractivity contribution in [1.29, 1.82) is 5.26 Å². The second-order valence-corrected chi connectivity index (χ2v) is 4.77. The van der Waals surface area contributed by atoms with Gasteiger partial charge in [-0.15, -0.1) is 0 Å². The summed E-state index contributed by atoms with van der Waals surface area (Å²) < 4.78 is 1.86. The monoisotopic (exact) mass is 232 g/mol. The molecule has 0 amide bonds. The molecule has 1 aliphatic heterocycles. The highest BCUT2D eigenvalue weighted by Gasteiger charge is 2.27. The van der Waals surface area contributed by atoms with Crippen LogP contribution in [0.5, 0.6) is 0 Å². The molecule has 0 saturated carbocycles. The molecule has 4 heteroatoms. The van der Waals surface area contributed by atoms with E-state index in [-0.39, 0.29) is 0 Å². The lowest BCUT2D eigenvalue weighted by Crippen LogP contribution is -2.40. The minimum atomic E-state index is 0.561. The number of nitriles is 1. The Balaban J connectivity index is 2.41. The molecule has 0 radical (unpaired) electrons. The van der Waals surface area contributed by atoms with Crippen LogP contribution in [-0.4, -0.2) is 22.4 Å². The van der Waals surface area contributed by atoms with Crippen molar-refractivity contribution in [2.24, 2.45) is 7.05 Å². The average Bonchev–Trinajstić information content (AvgIpc) is 2.63. The maximum absolute atomic E-state index is 9.27. The minimum absolute atomic E-state index is 0.561. The number of anilines is 1. The van der Waals surface area contributed by atoms with Crippen molar-refractivity contribution in [3.63, 3.8) is 0 Å². The van der Waals surface area contributed by atoms with Crippen LogP contribution in [0.1, 0.15) is 43.9 Å². The Bertz CT molecular complexity index is 441. The van der Waals surface area contributed by atoms with Crippen LogP contribution in [0.4, 0.5) is 5.82 Å². The summed E-state index contributed by atoms with van der Waals surface area (Å²) in [7, 11) is 1.94. The fourth-order valence-electron chi connectivity index (χ4n) is 2.81. The highest BCUT2D eigenvalue weighted by Crippen LogP contribution is 2.30. The summed E-state index contributed by atoms with van der Waals surface area (Å²) in [6, 6.07) is 2.86. The first-order chi connectivity index (χ1) is 8.19. The number of aromatic nitrogens is 2. The molecule has 1 fully saturated rings. The third kappa shape index (κ3) is 2.02. The van der Waals surface area contributed by atoms with Gasteiger partial charge in [0.1, 0.15) is 17.5 Å². The lowest BCUT2D eigenvalue weighted by molar-refractivity contribution is 0.441. The van der Waals surface area contributed by atoms with Crippen molar-refractivity contribution >= 4 is 5.82 Å². The number of hydrogen-bond donors (Lipinski definition) is 0. The molecule has 1 atom stereocenters. The third-order valence-electron chi connectivity index (χ3n) is 3.67. The lowest BCUT2D eigenvalue weighted by atomic mass is 9.99. The van der Waals surface area contributed by atoms with E-state index in [4.69, 9.17) is 0 Å². The third-order valence-corrected chi connectivity index (χ3v) is 3.67. The molecule has 0 bridgehead atoms. The Morgan fingerprint density at radius 2 is 2.24 bits per heavy atom. The van der Waals surface area contributed by atoms with Crippen LogP contribution in [0.15, 0.2) is 0 Å². The quantitative estimate of drug-likeness (QED) is 0.786. The normalized spacial score (nSPS) is 20.4. The molecule has 4 nitrogen and oxygen atoms in total. The van der Waals surface area contributed by atoms with Gasteiger partial charge >= 0.3 is 0 Å². The van der Waals surface area contributed by atoms with Gasteiger partial charge in [-0.1, -0.05) is 6.92 Å². The molecule has 2 heterocycles. The van der Waals surface area contributed by atoms with E-state index >= 15 is 0 Å². The Kier molecular flexibility index (Phi) is 3.37. The maximum atomic E-state index is 9.27. The van der Waals surface area contributed by atoms with Gasteiger partial charge in [-0.2, -0.15) is 10.4 Å². The Hall–Kier alpha value is -1.50. The summed E-state index contributed by atoms with van der Waals surface area (Å²) in [5.74, 6) is 1.01. The van der Waals surface area contributed by atoms with E-state index in [0.717, 1.165) is 30.0 Å². The number of rotatable bonds is 2. The van der Waals surface area contributed by atoms with Gasteiger partial charge in [0.05, 0.1) is 5.69 Å². The van der Waals surface area contributed by atoms with E-state index < -0.39 is 0 Å². The smallest absolute Gasteiger partial charge is 0.145 e. The van der Waals surface area contributed by atoms with E-state index in [0.29, 0.717) is 6.04 Å². The van der Waals surface area contributed by atoms with Crippen LogP contribution >= 0.6 is 0 Å². The van der Waals surface area contributed by atoms with Crippen molar-refractivity contribution in [3.05, 3.63) is 11.3 Å². The first kappa shape index (κ1) is 12.0. The summed E-state index contributed by atoms with van der Waals surface area (Å²) in [6.07, 6.45) is 4.88. The number of nitrogens with zero attached hydrogens (tertiary/aromatic N) is 4. The molecule has 2 rings (SSSR count). The van der Waals surface area contributed by atoms with E-state index in [1.807, 2.05) is 18.7 Å². The zero-order valence-corrected chi connectivity index (χ0v) is 10.9. The first-order valence-corrected chi connectivity index (χ1v) is 6.39. The first-order valence-electron chi connectivity index (χ1n) is 6.39. The number of hydrogen-bond acceptors (Lipinski definition) is 3. The summed E-state index contributed by atoms with van der Waals surface area (Å²) in [5, 5.41) is 13.7. The maximum Gasteiger partial charge on any atom is 0.145 e. The standard InChI is InChI=1S/C13H20N4/c1-4-11-7-5-6-8-17(11)13-12(9-14)10(2)15-16(13)3/h11H,4-8H2,1-3H3. The van der Waals surface area contributed by atoms with Crippen molar-refractivity contribution in [2.45, 2.75) is 45.6 Å². The molecule has 17 heavy (non-hydrogen) atoms. The Morgan fingerprint density at radius 1 is 1.47 bits per heavy atom. The predicted octanol–water partition coefficient (Wildman–Crippen LogP) is 2.37. The topological polar surface area (TPSA) is 44.9 Å². The summed E-state index contributed by atoms with van der Waals surface area (Å²) >= 11 is 0. The van der Waals surface area contributed by atoms with Gasteiger partial charge in [0.25, 0.3) is 0 Å². The molecular weight excluding hydrogens is 212 g/mol. The van der Waals surface area contributed by atoms with Crippen molar-refractivity contribution in [2.75, 3.05) is 11.4 Å². The van der Waals surface area contributed by atoms with Gasteiger partial charge in [-0.05, 0) is 32.6 Å². The van der Waals surface area contributed by atoms with Gasteiger partial charge in [-0.3, -0.25) is 4.68 Å². The van der Waals surface area contributed by atoms with Gasteiger partial charge in [0.2, 0.25) is 0 Å². The van der Waals surface area contributed by atoms with E-state index in [1.165, 1.54) is 19.3 Å². The van der Waals surface area contributed by atoms with Crippen molar-refractivity contribution in [1.82, 2.24) is 9.78 Å². The van der Waals surface area contributed by atoms with Crippen molar-refractivity contribution in [3.8, 4) is 6.07 Å². The van der Waals surface area contributed by atoms with E-state index in [2.05, 4.69) is 23.0 Å². The number of aryl methyl sites for hydroxylation is 2. The predicted molar refractivity (Wildman–Crippen MR) is 67.9 cm³/mol. The van der Waals surface area contributed by atoms with Crippen LogP contribution in [0.3, 0.4) is 0 Å². The van der Waals surface area contributed by atoms with Gasteiger partial charge in [-0.25, -0.2) is 0 Å². The Morgan fingerprint density at radius 3 is 2.88 bits per heavy atom. The zero-order chi connectivity index (χ0) is 12.4. The fraction of sp³-hybridized carbons (Fsp3) is 0.692. The van der Waals surface area contributed by atoms with Gasteiger partial charge in [0.15, 0.2) is 0 Å². The molecular formula is C13H20N4. The van der Waals surface area contributed by atoms with Crippen LogP contribution in [-0.2, 0) is 7.05 Å². The zero-order valence-electron chi connectivity index (χ0n) is 10.9. The van der Waals surface area contributed by atoms with E-state index in [9.17, 15) is 5.26 Å². The fourth-order valence-corrected chi connectivity index (χ4v) is 2.81. The molecule has 0 aliphatic carbocycles. The van der Waals surface area contributed by atoms with Crippen LogP contribution in [0, 0.1) is 18.3 Å². The molecule has 0 aromatic carbocycles. The van der Waals surface area contributed by atoms with Gasteiger partial charge in [0, 0.05) is 19.6 Å². The summed E-state index contributed by atoms with van der Waals surface area (Å²) in [5.41, 5.74) is 1.58. The molecule has 1 saturated heterocycles. The van der Waals surface area contributed by atoms with Crippen LogP contribution < -0.4 is 4.90 Å². The molecule has 1 aliphatic rings. The number of piperidine rings is 1. The van der Waals surface area contributed by atoms with E-state index in [1.54, 1.807) is 0 Å². The molecule has 0 spiro atoms. The average molecular weight is 232 g/mol. The van der Waals surface area contributed by atoms with Crippen molar-refractivity contribution < 1.29 is 0 Å². The highest BCUT2D eigenvalue weighted by molar-refractivity contribution is 5.57. The second-order valence-electron chi connectivity index (χ2n) is 4.77. The molecule has 1 aromatic rings. The van der Waals surface area contributed by atoms with Crippen LogP contribution in [0.25, 0.3) is 0 Å². The summed E-state index contributed by atoms with van der Waals surface area (Å²) in [4.78, 5) is 2.38. The van der Waals surface area contributed by atoms with Gasteiger partial charge < -0.3 is 4.90 Å². The second kappa shape index (κ2) is 4.79. The molecule has 0 N–H and O–H groups in total. The molecule has 1 unspecified atom stereocenters. The van der Waals surface area contributed by atoms with Crippen LogP contribution in [0.2, 0.25) is 0 Å². The lowest BCUT2D eigenvalue weighted by Gasteiger charge is -2.36. The SMILES string of the molecule is CCC1CCCCN1c1c(C#N)c(C)nn1C. The largest absolute Gasteiger partial charge is 0.353 e. The minimum Gasteiger partial charge on any atom is -0.353 e. The summed E-state index contributed by atoms with van der Waals surface area (Å²) in [6.45, 7) is 5.18. The highest BCUT2D eigenvalue weighted by atomic mass is 15.4. The molecule has 92 valence electrons. The molecule has 1 aromatic heterocycles. The Labute approximate surface area is 103 Å².